The Morgan fingerprint density at radius 2 is 1.36 bits per heavy atom. The van der Waals surface area contributed by atoms with E-state index in [2.05, 4.69) is 85.9 Å². The number of rotatable bonds is 2. The molecule has 1 nitrogen and oxygen atoms in total. The minimum Gasteiger partial charge on any atom is -0.355 e. The Hall–Kier alpha value is -2.54. The first kappa shape index (κ1) is 13.1. The first-order chi connectivity index (χ1) is 10.7. The Morgan fingerprint density at radius 1 is 0.682 bits per heavy atom. The van der Waals surface area contributed by atoms with Gasteiger partial charge in [-0.2, -0.15) is 0 Å². The van der Waals surface area contributed by atoms with Crippen molar-refractivity contribution >= 4 is 11.4 Å². The van der Waals surface area contributed by atoms with E-state index >= 15 is 0 Å². The fourth-order valence-corrected chi connectivity index (χ4v) is 3.63. The van der Waals surface area contributed by atoms with Gasteiger partial charge in [0.15, 0.2) is 0 Å². The Labute approximate surface area is 131 Å². The van der Waals surface area contributed by atoms with Crippen LogP contribution in [-0.4, -0.2) is 0 Å². The van der Waals surface area contributed by atoms with E-state index in [4.69, 9.17) is 0 Å². The van der Waals surface area contributed by atoms with Gasteiger partial charge in [0.1, 0.15) is 0 Å². The van der Waals surface area contributed by atoms with Gasteiger partial charge in [0.25, 0.3) is 0 Å². The van der Waals surface area contributed by atoms with Crippen molar-refractivity contribution < 1.29 is 0 Å². The zero-order valence-electron chi connectivity index (χ0n) is 12.9. The molecule has 1 heteroatoms. The Morgan fingerprint density at radius 3 is 2.18 bits per heavy atom. The highest BCUT2D eigenvalue weighted by atomic mass is 14.9. The molecule has 4 rings (SSSR count). The van der Waals surface area contributed by atoms with Crippen molar-refractivity contribution in [1.82, 2.24) is 0 Å². The zero-order chi connectivity index (χ0) is 15.2. The Kier molecular flexibility index (Phi) is 2.83. The number of anilines is 2. The zero-order valence-corrected chi connectivity index (χ0v) is 12.9. The molecular weight excluding hydrogens is 266 g/mol. The molecule has 22 heavy (non-hydrogen) atoms. The molecular formula is C21H19N. The molecule has 0 saturated heterocycles. The van der Waals surface area contributed by atoms with Crippen molar-refractivity contribution in [3.63, 3.8) is 0 Å². The summed E-state index contributed by atoms with van der Waals surface area (Å²) in [6.07, 6.45) is 0. The predicted molar refractivity (Wildman–Crippen MR) is 93.7 cm³/mol. The van der Waals surface area contributed by atoms with Gasteiger partial charge in [-0.3, -0.25) is 0 Å². The molecule has 3 aromatic rings. The van der Waals surface area contributed by atoms with Gasteiger partial charge in [0, 0.05) is 16.8 Å². The Bertz CT molecular complexity index is 832. The second-order valence-corrected chi connectivity index (χ2v) is 6.39. The summed E-state index contributed by atoms with van der Waals surface area (Å²) in [5.41, 5.74) is 7.85. The van der Waals surface area contributed by atoms with E-state index < -0.39 is 0 Å². The van der Waals surface area contributed by atoms with Crippen LogP contribution in [0.25, 0.3) is 11.1 Å². The van der Waals surface area contributed by atoms with Gasteiger partial charge in [-0.1, -0.05) is 68.4 Å². The lowest BCUT2D eigenvalue weighted by molar-refractivity contribution is 0.662. The third kappa shape index (κ3) is 1.86. The fourth-order valence-electron chi connectivity index (χ4n) is 3.63. The van der Waals surface area contributed by atoms with Crippen molar-refractivity contribution in [2.75, 3.05) is 5.32 Å². The molecule has 0 unspecified atom stereocenters. The van der Waals surface area contributed by atoms with Crippen LogP contribution in [0.15, 0.2) is 72.8 Å². The topological polar surface area (TPSA) is 12.0 Å². The molecule has 0 aromatic heterocycles. The average Bonchev–Trinajstić information content (AvgIpc) is 2.78. The molecule has 0 saturated carbocycles. The first-order valence-electron chi connectivity index (χ1n) is 7.73. The molecule has 0 fully saturated rings. The maximum Gasteiger partial charge on any atom is 0.0431 e. The van der Waals surface area contributed by atoms with Crippen LogP contribution < -0.4 is 5.32 Å². The summed E-state index contributed by atoms with van der Waals surface area (Å²) in [4.78, 5) is 0. The van der Waals surface area contributed by atoms with Gasteiger partial charge in [0.05, 0.1) is 0 Å². The maximum absolute atomic E-state index is 3.59. The van der Waals surface area contributed by atoms with E-state index in [9.17, 15) is 0 Å². The summed E-state index contributed by atoms with van der Waals surface area (Å²) < 4.78 is 0. The lowest BCUT2D eigenvalue weighted by Crippen LogP contribution is -2.16. The molecule has 0 atom stereocenters. The maximum atomic E-state index is 3.59. The molecule has 1 N–H and O–H groups in total. The van der Waals surface area contributed by atoms with Gasteiger partial charge in [0.2, 0.25) is 0 Å². The summed E-state index contributed by atoms with van der Waals surface area (Å²) in [7, 11) is 0. The van der Waals surface area contributed by atoms with Crippen molar-refractivity contribution in [3.05, 3.63) is 83.9 Å². The first-order valence-corrected chi connectivity index (χ1v) is 7.73. The molecule has 0 heterocycles. The number of fused-ring (bicyclic) bond motifs is 3. The second-order valence-electron chi connectivity index (χ2n) is 6.39. The minimum atomic E-state index is 0.0182. The van der Waals surface area contributed by atoms with Crippen LogP contribution in [0.1, 0.15) is 25.0 Å². The SMILES string of the molecule is CC1(C)c2ccccc2-c2cccc(Nc3ccccc3)c21. The van der Waals surface area contributed by atoms with Crippen LogP contribution >= 0.6 is 0 Å². The predicted octanol–water partition coefficient (Wildman–Crippen LogP) is 5.74. The molecule has 108 valence electrons. The second kappa shape index (κ2) is 4.74. The number of para-hydroxylation sites is 1. The standard InChI is InChI=1S/C21H19N/c1-21(2)18-13-7-6-11-16(18)17-12-8-14-19(20(17)21)22-15-9-4-3-5-10-15/h3-14,22H,1-2H3. The van der Waals surface area contributed by atoms with E-state index in [1.54, 1.807) is 0 Å². The lowest BCUT2D eigenvalue weighted by atomic mass is 9.81. The van der Waals surface area contributed by atoms with Gasteiger partial charge in [-0.15, -0.1) is 0 Å². The molecule has 0 spiro atoms. The van der Waals surface area contributed by atoms with E-state index in [1.165, 1.54) is 27.9 Å². The molecule has 1 aliphatic carbocycles. The van der Waals surface area contributed by atoms with Crippen LogP contribution in [-0.2, 0) is 5.41 Å². The van der Waals surface area contributed by atoms with Crippen molar-refractivity contribution in [2.45, 2.75) is 19.3 Å². The quantitative estimate of drug-likeness (QED) is 0.633. The van der Waals surface area contributed by atoms with Crippen molar-refractivity contribution in [2.24, 2.45) is 0 Å². The van der Waals surface area contributed by atoms with Crippen LogP contribution in [0.3, 0.4) is 0 Å². The van der Waals surface area contributed by atoms with E-state index in [1.807, 2.05) is 6.07 Å². The molecule has 0 radical (unpaired) electrons. The number of hydrogen-bond donors (Lipinski definition) is 1. The van der Waals surface area contributed by atoms with Crippen molar-refractivity contribution in [1.29, 1.82) is 0 Å². The third-order valence-electron chi connectivity index (χ3n) is 4.63. The Balaban J connectivity index is 1.89. The third-order valence-corrected chi connectivity index (χ3v) is 4.63. The smallest absolute Gasteiger partial charge is 0.0431 e. The van der Waals surface area contributed by atoms with Crippen molar-refractivity contribution in [3.8, 4) is 11.1 Å². The number of benzene rings is 3. The highest BCUT2D eigenvalue weighted by Gasteiger charge is 2.36. The molecule has 0 aliphatic heterocycles. The monoisotopic (exact) mass is 285 g/mol. The molecule has 1 aliphatic rings. The average molecular weight is 285 g/mol. The van der Waals surface area contributed by atoms with Gasteiger partial charge >= 0.3 is 0 Å². The summed E-state index contributed by atoms with van der Waals surface area (Å²) in [6.45, 7) is 4.63. The van der Waals surface area contributed by atoms with Crippen LogP contribution in [0, 0.1) is 0 Å². The lowest BCUT2D eigenvalue weighted by Gasteiger charge is -2.24. The van der Waals surface area contributed by atoms with Gasteiger partial charge in [-0.25, -0.2) is 0 Å². The molecule has 3 aromatic carbocycles. The van der Waals surface area contributed by atoms with E-state index in [0.29, 0.717) is 0 Å². The number of hydrogen-bond acceptors (Lipinski definition) is 1. The highest BCUT2D eigenvalue weighted by Crippen LogP contribution is 2.51. The van der Waals surface area contributed by atoms with Crippen LogP contribution in [0.2, 0.25) is 0 Å². The minimum absolute atomic E-state index is 0.0182. The summed E-state index contributed by atoms with van der Waals surface area (Å²) >= 11 is 0. The van der Waals surface area contributed by atoms with Gasteiger partial charge < -0.3 is 5.32 Å². The molecule has 0 bridgehead atoms. The summed E-state index contributed by atoms with van der Waals surface area (Å²) in [5, 5.41) is 3.59. The van der Waals surface area contributed by atoms with E-state index in [-0.39, 0.29) is 5.41 Å². The number of nitrogens with one attached hydrogen (secondary N) is 1. The van der Waals surface area contributed by atoms with Gasteiger partial charge in [-0.05, 0) is 40.5 Å². The highest BCUT2D eigenvalue weighted by molar-refractivity contribution is 5.86. The fraction of sp³-hybridized carbons (Fsp3) is 0.143. The summed E-state index contributed by atoms with van der Waals surface area (Å²) in [6, 6.07) is 25.7. The largest absolute Gasteiger partial charge is 0.355 e. The molecule has 0 amide bonds. The van der Waals surface area contributed by atoms with Crippen LogP contribution in [0.4, 0.5) is 11.4 Å². The van der Waals surface area contributed by atoms with E-state index in [0.717, 1.165) is 5.69 Å². The summed E-state index contributed by atoms with van der Waals surface area (Å²) in [5.74, 6) is 0. The normalized spacial score (nSPS) is 14.3. The van der Waals surface area contributed by atoms with Crippen LogP contribution in [0.5, 0.6) is 0 Å².